The van der Waals surface area contributed by atoms with Gasteiger partial charge in [-0.1, -0.05) is 0 Å². The molecule has 0 amide bonds. The molecule has 11 heavy (non-hydrogen) atoms. The second-order valence-electron chi connectivity index (χ2n) is 1.88. The lowest BCUT2D eigenvalue weighted by Gasteiger charge is -2.00. The van der Waals surface area contributed by atoms with Gasteiger partial charge in [0.1, 0.15) is 0 Å². The lowest BCUT2D eigenvalue weighted by molar-refractivity contribution is -0.140. The van der Waals surface area contributed by atoms with Gasteiger partial charge in [0, 0.05) is 6.42 Å². The topological polar surface area (TPSA) is 35.5 Å². The lowest BCUT2D eigenvalue weighted by atomic mass is 10.3. The molecule has 0 heterocycles. The zero-order valence-electron chi connectivity index (χ0n) is 6.43. The van der Waals surface area contributed by atoms with E-state index in [1.807, 2.05) is 0 Å². The van der Waals surface area contributed by atoms with E-state index in [1.165, 1.54) is 7.11 Å². The molecule has 64 valence electrons. The van der Waals surface area contributed by atoms with Crippen molar-refractivity contribution >= 4 is 5.97 Å². The monoisotopic (exact) mass is 162 g/mol. The van der Waals surface area contributed by atoms with Crippen molar-refractivity contribution in [2.45, 2.75) is 12.8 Å². The van der Waals surface area contributed by atoms with Crippen LogP contribution in [0.15, 0.2) is 12.6 Å². The van der Waals surface area contributed by atoms with E-state index in [1.54, 1.807) is 0 Å². The van der Waals surface area contributed by atoms with E-state index >= 15 is 0 Å². The number of esters is 1. The molecule has 0 bridgehead atoms. The van der Waals surface area contributed by atoms with Crippen LogP contribution in [-0.4, -0.2) is 19.7 Å². The van der Waals surface area contributed by atoms with E-state index in [-0.39, 0.29) is 19.0 Å². The first-order valence-electron chi connectivity index (χ1n) is 3.21. The highest BCUT2D eigenvalue weighted by Gasteiger charge is 1.99. The molecule has 0 aromatic carbocycles. The maximum Gasteiger partial charge on any atom is 0.305 e. The average molecular weight is 162 g/mol. The van der Waals surface area contributed by atoms with Crippen molar-refractivity contribution in [2.75, 3.05) is 13.7 Å². The highest BCUT2D eigenvalue weighted by atomic mass is 19.1. The molecule has 0 unspecified atom stereocenters. The van der Waals surface area contributed by atoms with Crippen LogP contribution in [0.4, 0.5) is 4.39 Å². The molecule has 0 aliphatic heterocycles. The van der Waals surface area contributed by atoms with Crippen LogP contribution in [0, 0.1) is 0 Å². The molecule has 0 aromatic heterocycles. The molecule has 0 aromatic rings. The van der Waals surface area contributed by atoms with E-state index in [4.69, 9.17) is 0 Å². The van der Waals surface area contributed by atoms with E-state index in [0.717, 1.165) is 0 Å². The van der Waals surface area contributed by atoms with Gasteiger partial charge in [-0.05, 0) is 13.0 Å². The van der Waals surface area contributed by atoms with Crippen LogP contribution in [0.2, 0.25) is 0 Å². The average Bonchev–Trinajstić information content (AvgIpc) is 1.97. The van der Waals surface area contributed by atoms with Crippen molar-refractivity contribution in [2.24, 2.45) is 0 Å². The molecule has 0 saturated carbocycles. The summed E-state index contributed by atoms with van der Waals surface area (Å²) in [7, 11) is 1.30. The highest BCUT2D eigenvalue weighted by molar-refractivity contribution is 5.68. The fourth-order valence-electron chi connectivity index (χ4n) is 0.501. The first kappa shape index (κ1) is 9.94. The Hall–Kier alpha value is -1.06. The Kier molecular flexibility index (Phi) is 5.15. The molecular weight excluding hydrogens is 151 g/mol. The SMILES string of the molecule is C=C(F)OCCCC(=O)OC. The minimum Gasteiger partial charge on any atom is -0.471 e. The molecule has 0 rings (SSSR count). The van der Waals surface area contributed by atoms with Gasteiger partial charge in [-0.25, -0.2) is 0 Å². The maximum atomic E-state index is 11.8. The normalized spacial score (nSPS) is 8.91. The summed E-state index contributed by atoms with van der Waals surface area (Å²) < 4.78 is 20.5. The molecule has 4 heteroatoms. The van der Waals surface area contributed by atoms with Gasteiger partial charge in [0.05, 0.1) is 13.7 Å². The minimum atomic E-state index is -0.824. The molecule has 0 saturated heterocycles. The second-order valence-corrected chi connectivity index (χ2v) is 1.88. The summed E-state index contributed by atoms with van der Waals surface area (Å²) in [4.78, 5) is 10.5. The Morgan fingerprint density at radius 3 is 2.73 bits per heavy atom. The standard InChI is InChI=1S/C7H11FO3/c1-6(8)11-5-3-4-7(9)10-2/h1,3-5H2,2H3. The van der Waals surface area contributed by atoms with Gasteiger partial charge in [-0.2, -0.15) is 4.39 Å². The third kappa shape index (κ3) is 6.83. The van der Waals surface area contributed by atoms with Crippen LogP contribution in [0.5, 0.6) is 0 Å². The number of carbonyl (C=O) groups is 1. The summed E-state index contributed by atoms with van der Waals surface area (Å²) in [6.45, 7) is 3.04. The number of ether oxygens (including phenoxy) is 2. The fourth-order valence-corrected chi connectivity index (χ4v) is 0.501. The summed E-state index contributed by atoms with van der Waals surface area (Å²) >= 11 is 0. The Labute approximate surface area is 64.8 Å². The molecule has 0 atom stereocenters. The van der Waals surface area contributed by atoms with E-state index in [2.05, 4.69) is 16.1 Å². The van der Waals surface area contributed by atoms with Crippen molar-refractivity contribution in [1.82, 2.24) is 0 Å². The summed E-state index contributed by atoms with van der Waals surface area (Å²) in [6, 6.07) is -0.824. The third-order valence-corrected chi connectivity index (χ3v) is 1.01. The largest absolute Gasteiger partial charge is 0.471 e. The van der Waals surface area contributed by atoms with Gasteiger partial charge in [0.2, 0.25) is 0 Å². The number of carbonyl (C=O) groups excluding carboxylic acids is 1. The van der Waals surface area contributed by atoms with Gasteiger partial charge >= 0.3 is 5.97 Å². The van der Waals surface area contributed by atoms with Crippen molar-refractivity contribution in [1.29, 1.82) is 0 Å². The Bertz CT molecular complexity index is 145. The van der Waals surface area contributed by atoms with Crippen molar-refractivity contribution in [3.8, 4) is 0 Å². The Morgan fingerprint density at radius 2 is 2.27 bits per heavy atom. The number of methoxy groups -OCH3 is 1. The van der Waals surface area contributed by atoms with E-state index in [9.17, 15) is 9.18 Å². The van der Waals surface area contributed by atoms with Gasteiger partial charge in [-0.3, -0.25) is 4.79 Å². The maximum absolute atomic E-state index is 11.8. The van der Waals surface area contributed by atoms with Crippen molar-refractivity contribution < 1.29 is 18.7 Å². The zero-order valence-corrected chi connectivity index (χ0v) is 6.43. The van der Waals surface area contributed by atoms with Gasteiger partial charge in [-0.15, -0.1) is 0 Å². The van der Waals surface area contributed by atoms with Gasteiger partial charge in [0.15, 0.2) is 0 Å². The van der Waals surface area contributed by atoms with Crippen LogP contribution < -0.4 is 0 Å². The van der Waals surface area contributed by atoms with Crippen molar-refractivity contribution in [3.63, 3.8) is 0 Å². The minimum absolute atomic E-state index is 0.157. The predicted molar refractivity (Wildman–Crippen MR) is 37.5 cm³/mol. The smallest absolute Gasteiger partial charge is 0.305 e. The summed E-state index contributed by atoms with van der Waals surface area (Å²) in [6.07, 6.45) is 0.680. The summed E-state index contributed by atoms with van der Waals surface area (Å²) in [5.74, 6) is -0.321. The summed E-state index contributed by atoms with van der Waals surface area (Å²) in [5.41, 5.74) is 0. The van der Waals surface area contributed by atoms with E-state index < -0.39 is 6.01 Å². The fraction of sp³-hybridized carbons (Fsp3) is 0.571. The molecule has 0 aliphatic carbocycles. The lowest BCUT2D eigenvalue weighted by Crippen LogP contribution is -2.02. The first-order valence-corrected chi connectivity index (χ1v) is 3.21. The predicted octanol–water partition coefficient (Wildman–Crippen LogP) is 1.40. The molecule has 0 fully saturated rings. The number of halogens is 1. The van der Waals surface area contributed by atoms with Crippen LogP contribution >= 0.6 is 0 Å². The quantitative estimate of drug-likeness (QED) is 0.348. The number of hydrogen-bond acceptors (Lipinski definition) is 3. The van der Waals surface area contributed by atoms with Crippen LogP contribution in [-0.2, 0) is 14.3 Å². The highest BCUT2D eigenvalue weighted by Crippen LogP contribution is 1.98. The number of rotatable bonds is 5. The molecule has 0 N–H and O–H groups in total. The van der Waals surface area contributed by atoms with Crippen LogP contribution in [0.3, 0.4) is 0 Å². The van der Waals surface area contributed by atoms with Gasteiger partial charge < -0.3 is 9.47 Å². The molecule has 0 aliphatic rings. The zero-order chi connectivity index (χ0) is 8.69. The number of hydrogen-bond donors (Lipinski definition) is 0. The van der Waals surface area contributed by atoms with Crippen LogP contribution in [0.1, 0.15) is 12.8 Å². The third-order valence-electron chi connectivity index (χ3n) is 1.01. The molecular formula is C7H11FO3. The Morgan fingerprint density at radius 1 is 1.64 bits per heavy atom. The second kappa shape index (κ2) is 5.70. The first-order chi connectivity index (χ1) is 5.16. The molecule has 3 nitrogen and oxygen atoms in total. The molecule has 0 radical (unpaired) electrons. The van der Waals surface area contributed by atoms with Crippen molar-refractivity contribution in [3.05, 3.63) is 12.6 Å². The van der Waals surface area contributed by atoms with Gasteiger partial charge in [0.25, 0.3) is 6.01 Å². The summed E-state index contributed by atoms with van der Waals surface area (Å²) in [5, 5.41) is 0. The Balaban J connectivity index is 3.14. The van der Waals surface area contributed by atoms with E-state index in [0.29, 0.717) is 6.42 Å². The van der Waals surface area contributed by atoms with Crippen LogP contribution in [0.25, 0.3) is 0 Å². The molecule has 0 spiro atoms.